The van der Waals surface area contributed by atoms with Gasteiger partial charge in [0.1, 0.15) is 17.3 Å². The number of nitrogens with one attached hydrogen (secondary N) is 1. The van der Waals surface area contributed by atoms with Gasteiger partial charge < -0.3 is 14.2 Å². The van der Waals surface area contributed by atoms with Crippen LogP contribution < -0.4 is 14.2 Å². The second-order valence-electron chi connectivity index (χ2n) is 5.93. The van der Waals surface area contributed by atoms with Crippen molar-refractivity contribution in [3.63, 3.8) is 0 Å². The SMILES string of the molecule is CCOc1ccc(S(=O)(=O)NCCC(=O)OCCCOc2ccc(F)cc2)cc1. The fourth-order valence-electron chi connectivity index (χ4n) is 2.29. The summed E-state index contributed by atoms with van der Waals surface area (Å²) in [6.07, 6.45) is 0.371. The maximum atomic E-state index is 12.8. The maximum absolute atomic E-state index is 12.8. The molecule has 9 heteroatoms. The monoisotopic (exact) mass is 425 g/mol. The van der Waals surface area contributed by atoms with Crippen LogP contribution in [0.25, 0.3) is 0 Å². The van der Waals surface area contributed by atoms with Crippen LogP contribution in [0, 0.1) is 5.82 Å². The highest BCUT2D eigenvalue weighted by atomic mass is 32.2. The molecule has 0 unspecified atom stereocenters. The number of benzene rings is 2. The van der Waals surface area contributed by atoms with Crippen molar-refractivity contribution in [1.82, 2.24) is 4.72 Å². The molecule has 1 N–H and O–H groups in total. The van der Waals surface area contributed by atoms with E-state index in [1.165, 1.54) is 36.4 Å². The smallest absolute Gasteiger partial charge is 0.307 e. The van der Waals surface area contributed by atoms with Gasteiger partial charge in [-0.1, -0.05) is 0 Å². The molecule has 0 aromatic heterocycles. The number of hydrogen-bond acceptors (Lipinski definition) is 6. The van der Waals surface area contributed by atoms with Crippen LogP contribution in [0.5, 0.6) is 11.5 Å². The van der Waals surface area contributed by atoms with E-state index in [0.717, 1.165) is 0 Å². The van der Waals surface area contributed by atoms with Crippen LogP contribution in [0.15, 0.2) is 53.4 Å². The minimum absolute atomic E-state index is 0.0690. The molecule has 0 radical (unpaired) electrons. The van der Waals surface area contributed by atoms with E-state index < -0.39 is 16.0 Å². The molecule has 0 atom stereocenters. The molecule has 29 heavy (non-hydrogen) atoms. The van der Waals surface area contributed by atoms with Gasteiger partial charge in [0.05, 0.1) is 31.1 Å². The number of halogens is 1. The number of sulfonamides is 1. The van der Waals surface area contributed by atoms with E-state index in [9.17, 15) is 17.6 Å². The lowest BCUT2D eigenvalue weighted by molar-refractivity contribution is -0.143. The summed E-state index contributed by atoms with van der Waals surface area (Å²) in [6.45, 7) is 2.71. The van der Waals surface area contributed by atoms with Crippen molar-refractivity contribution >= 4 is 16.0 Å². The molecule has 0 saturated heterocycles. The topological polar surface area (TPSA) is 90.9 Å². The quantitative estimate of drug-likeness (QED) is 0.415. The third-order valence-corrected chi connectivity index (χ3v) is 5.18. The van der Waals surface area contributed by atoms with Crippen molar-refractivity contribution in [2.75, 3.05) is 26.4 Å². The van der Waals surface area contributed by atoms with Gasteiger partial charge in [0.25, 0.3) is 0 Å². The average Bonchev–Trinajstić information content (AvgIpc) is 2.70. The van der Waals surface area contributed by atoms with Crippen LogP contribution in [0.3, 0.4) is 0 Å². The number of carbonyl (C=O) groups excluding carboxylic acids is 1. The summed E-state index contributed by atoms with van der Waals surface area (Å²) in [6, 6.07) is 11.6. The summed E-state index contributed by atoms with van der Waals surface area (Å²) in [4.78, 5) is 11.8. The Balaban J connectivity index is 1.62. The van der Waals surface area contributed by atoms with E-state index in [1.54, 1.807) is 12.1 Å². The van der Waals surface area contributed by atoms with Crippen molar-refractivity contribution in [2.24, 2.45) is 0 Å². The van der Waals surface area contributed by atoms with Crippen LogP contribution in [-0.4, -0.2) is 40.8 Å². The molecule has 7 nitrogen and oxygen atoms in total. The first-order chi connectivity index (χ1) is 13.9. The van der Waals surface area contributed by atoms with E-state index >= 15 is 0 Å². The van der Waals surface area contributed by atoms with Crippen molar-refractivity contribution in [3.05, 3.63) is 54.3 Å². The number of ether oxygens (including phenoxy) is 3. The summed E-state index contributed by atoms with van der Waals surface area (Å²) in [5, 5.41) is 0. The zero-order valence-corrected chi connectivity index (χ0v) is 16.9. The number of hydrogen-bond donors (Lipinski definition) is 1. The Labute approximate surface area is 169 Å². The first kappa shape index (κ1) is 22.6. The van der Waals surface area contributed by atoms with E-state index in [0.29, 0.717) is 31.1 Å². The third-order valence-electron chi connectivity index (χ3n) is 3.70. The van der Waals surface area contributed by atoms with Gasteiger partial charge in [-0.15, -0.1) is 0 Å². The van der Waals surface area contributed by atoms with Crippen molar-refractivity contribution < 1.29 is 31.8 Å². The van der Waals surface area contributed by atoms with Crippen LogP contribution in [0.1, 0.15) is 19.8 Å². The van der Waals surface area contributed by atoms with Gasteiger partial charge >= 0.3 is 5.97 Å². The van der Waals surface area contributed by atoms with Gasteiger partial charge in [-0.3, -0.25) is 4.79 Å². The van der Waals surface area contributed by atoms with Crippen molar-refractivity contribution in [3.8, 4) is 11.5 Å². The Morgan fingerprint density at radius 2 is 1.59 bits per heavy atom. The van der Waals surface area contributed by atoms with Gasteiger partial charge in [0.15, 0.2) is 0 Å². The summed E-state index contributed by atoms with van der Waals surface area (Å²) >= 11 is 0. The van der Waals surface area contributed by atoms with Gasteiger partial charge in [-0.05, 0) is 55.5 Å². The third kappa shape index (κ3) is 8.08. The molecule has 0 heterocycles. The molecular weight excluding hydrogens is 401 g/mol. The van der Waals surface area contributed by atoms with Crippen LogP contribution in [0.2, 0.25) is 0 Å². The minimum atomic E-state index is -3.71. The highest BCUT2D eigenvalue weighted by Gasteiger charge is 2.14. The predicted octanol–water partition coefficient (Wildman–Crippen LogP) is 2.91. The summed E-state index contributed by atoms with van der Waals surface area (Å²) in [5.74, 6) is 0.255. The Morgan fingerprint density at radius 3 is 2.24 bits per heavy atom. The van der Waals surface area contributed by atoms with E-state index in [1.807, 2.05) is 6.92 Å². The highest BCUT2D eigenvalue weighted by molar-refractivity contribution is 7.89. The van der Waals surface area contributed by atoms with Gasteiger partial charge in [-0.25, -0.2) is 17.5 Å². The number of rotatable bonds is 12. The van der Waals surface area contributed by atoms with E-state index in [4.69, 9.17) is 14.2 Å². The zero-order chi connectivity index (χ0) is 21.1. The number of carbonyl (C=O) groups is 1. The highest BCUT2D eigenvalue weighted by Crippen LogP contribution is 2.15. The molecule has 0 fully saturated rings. The molecule has 2 rings (SSSR count). The van der Waals surface area contributed by atoms with Crippen LogP contribution >= 0.6 is 0 Å². The number of esters is 1. The molecule has 0 spiro atoms. The molecule has 0 aliphatic rings. The second-order valence-corrected chi connectivity index (χ2v) is 7.70. The summed E-state index contributed by atoms with van der Waals surface area (Å²) in [7, 11) is -3.71. The lowest BCUT2D eigenvalue weighted by Crippen LogP contribution is -2.27. The molecule has 2 aromatic rings. The van der Waals surface area contributed by atoms with E-state index in [2.05, 4.69) is 4.72 Å². The second kappa shape index (κ2) is 11.4. The normalized spacial score (nSPS) is 11.1. The molecular formula is C20H24FNO6S. The molecule has 2 aromatic carbocycles. The fourth-order valence-corrected chi connectivity index (χ4v) is 3.32. The molecule has 0 aliphatic carbocycles. The Bertz CT molecular complexity index is 869. The Hall–Kier alpha value is -2.65. The Morgan fingerprint density at radius 1 is 0.966 bits per heavy atom. The maximum Gasteiger partial charge on any atom is 0.307 e. The predicted molar refractivity (Wildman–Crippen MR) is 105 cm³/mol. The van der Waals surface area contributed by atoms with E-state index in [-0.39, 0.29) is 30.3 Å². The Kier molecular flexibility index (Phi) is 8.88. The largest absolute Gasteiger partial charge is 0.494 e. The summed E-state index contributed by atoms with van der Waals surface area (Å²) < 4.78 is 55.2. The lowest BCUT2D eigenvalue weighted by Gasteiger charge is -2.09. The molecule has 0 aliphatic heterocycles. The first-order valence-electron chi connectivity index (χ1n) is 9.17. The van der Waals surface area contributed by atoms with Crippen molar-refractivity contribution in [1.29, 1.82) is 0 Å². The van der Waals surface area contributed by atoms with Crippen LogP contribution in [-0.2, 0) is 19.6 Å². The molecule has 0 amide bonds. The minimum Gasteiger partial charge on any atom is -0.494 e. The molecule has 0 saturated carbocycles. The molecule has 0 bridgehead atoms. The average molecular weight is 425 g/mol. The van der Waals surface area contributed by atoms with Gasteiger partial charge in [0, 0.05) is 13.0 Å². The summed E-state index contributed by atoms with van der Waals surface area (Å²) in [5.41, 5.74) is 0. The standard InChI is InChI=1S/C20H24FNO6S/c1-2-26-17-8-10-19(11-9-17)29(24,25)22-13-12-20(23)28-15-3-14-27-18-6-4-16(21)5-7-18/h4-11,22H,2-3,12-15H2,1H3. The van der Waals surface area contributed by atoms with Gasteiger partial charge in [0.2, 0.25) is 10.0 Å². The first-order valence-corrected chi connectivity index (χ1v) is 10.7. The van der Waals surface area contributed by atoms with Crippen molar-refractivity contribution in [2.45, 2.75) is 24.7 Å². The zero-order valence-electron chi connectivity index (χ0n) is 16.1. The molecule has 158 valence electrons. The van der Waals surface area contributed by atoms with Crippen LogP contribution in [0.4, 0.5) is 4.39 Å². The lowest BCUT2D eigenvalue weighted by atomic mass is 10.3. The van der Waals surface area contributed by atoms with Gasteiger partial charge in [-0.2, -0.15) is 0 Å². The fraction of sp³-hybridized carbons (Fsp3) is 0.350.